The maximum atomic E-state index is 12.9. The van der Waals surface area contributed by atoms with Crippen molar-refractivity contribution in [2.75, 3.05) is 0 Å². The summed E-state index contributed by atoms with van der Waals surface area (Å²) in [6.45, 7) is 0. The Hall–Kier alpha value is -2.05. The molecular weight excluding hydrogens is 244 g/mol. The predicted octanol–water partition coefficient (Wildman–Crippen LogP) is 2.82. The van der Waals surface area contributed by atoms with Gasteiger partial charge in [-0.15, -0.1) is 13.2 Å². The summed E-state index contributed by atoms with van der Waals surface area (Å²) in [5.74, 6) is -3.47. The minimum atomic E-state index is -5.00. The van der Waals surface area contributed by atoms with Crippen molar-refractivity contribution in [1.29, 1.82) is 0 Å². The van der Waals surface area contributed by atoms with E-state index in [1.54, 1.807) is 0 Å². The summed E-state index contributed by atoms with van der Waals surface area (Å²) < 4.78 is 52.0. The SMILES string of the molecule is O=C(O)/C=C/c1ccc(F)c(OC(F)(F)F)c1. The van der Waals surface area contributed by atoms with Crippen LogP contribution in [-0.2, 0) is 4.79 Å². The zero-order valence-corrected chi connectivity index (χ0v) is 8.16. The van der Waals surface area contributed by atoms with Crippen LogP contribution < -0.4 is 4.74 Å². The standard InChI is InChI=1S/C10H6F4O3/c11-7-3-1-6(2-4-9(15)16)5-8(7)17-10(12,13)14/h1-5H,(H,15,16)/b4-2+. The van der Waals surface area contributed by atoms with Crippen LogP contribution in [0.3, 0.4) is 0 Å². The first-order valence-corrected chi connectivity index (χ1v) is 4.24. The Morgan fingerprint density at radius 2 is 2.00 bits per heavy atom. The molecule has 92 valence electrons. The highest BCUT2D eigenvalue weighted by Gasteiger charge is 2.32. The maximum absolute atomic E-state index is 12.9. The van der Waals surface area contributed by atoms with Crippen molar-refractivity contribution in [3.63, 3.8) is 0 Å². The number of rotatable bonds is 3. The molecule has 0 saturated heterocycles. The molecule has 0 aliphatic heterocycles. The molecule has 0 radical (unpaired) electrons. The third-order valence-corrected chi connectivity index (χ3v) is 1.60. The van der Waals surface area contributed by atoms with Crippen molar-refractivity contribution in [1.82, 2.24) is 0 Å². The molecule has 0 aliphatic rings. The van der Waals surface area contributed by atoms with Crippen LogP contribution in [0.5, 0.6) is 5.75 Å². The van der Waals surface area contributed by atoms with Crippen molar-refractivity contribution in [3.05, 3.63) is 35.7 Å². The van der Waals surface area contributed by atoms with E-state index in [-0.39, 0.29) is 5.56 Å². The molecule has 17 heavy (non-hydrogen) atoms. The molecule has 3 nitrogen and oxygen atoms in total. The van der Waals surface area contributed by atoms with Gasteiger partial charge in [0, 0.05) is 6.08 Å². The normalized spacial score (nSPS) is 11.8. The summed E-state index contributed by atoms with van der Waals surface area (Å²) in [6.07, 6.45) is -3.27. The molecule has 0 fully saturated rings. The van der Waals surface area contributed by atoms with Crippen LogP contribution in [0, 0.1) is 5.82 Å². The molecule has 0 bridgehead atoms. The predicted molar refractivity (Wildman–Crippen MR) is 49.8 cm³/mol. The lowest BCUT2D eigenvalue weighted by molar-refractivity contribution is -0.275. The molecule has 0 unspecified atom stereocenters. The fourth-order valence-electron chi connectivity index (χ4n) is 0.994. The summed E-state index contributed by atoms with van der Waals surface area (Å²) >= 11 is 0. The van der Waals surface area contributed by atoms with Gasteiger partial charge in [0.15, 0.2) is 11.6 Å². The summed E-state index contributed by atoms with van der Waals surface area (Å²) in [6, 6.07) is 2.63. The number of carbonyl (C=O) groups is 1. The van der Waals surface area contributed by atoms with Crippen LogP contribution in [-0.4, -0.2) is 17.4 Å². The Bertz CT molecular complexity index is 451. The Morgan fingerprint density at radius 3 is 2.53 bits per heavy atom. The number of carboxylic acid groups (broad SMARTS) is 1. The average molecular weight is 250 g/mol. The van der Waals surface area contributed by atoms with Crippen LogP contribution in [0.2, 0.25) is 0 Å². The molecule has 7 heteroatoms. The summed E-state index contributed by atoms with van der Waals surface area (Å²) in [7, 11) is 0. The molecule has 0 aliphatic carbocycles. The first kappa shape index (κ1) is 13.0. The Balaban J connectivity index is 2.98. The minimum Gasteiger partial charge on any atom is -0.478 e. The van der Waals surface area contributed by atoms with Gasteiger partial charge in [-0.25, -0.2) is 9.18 Å². The fourth-order valence-corrected chi connectivity index (χ4v) is 0.994. The van der Waals surface area contributed by atoms with Gasteiger partial charge in [0.25, 0.3) is 0 Å². The quantitative estimate of drug-likeness (QED) is 0.662. The number of carboxylic acids is 1. The number of halogens is 4. The number of aliphatic carboxylic acids is 1. The van der Waals surface area contributed by atoms with E-state index in [0.29, 0.717) is 6.08 Å². The average Bonchev–Trinajstić information content (AvgIpc) is 2.17. The van der Waals surface area contributed by atoms with Crippen molar-refractivity contribution < 1.29 is 32.2 Å². The Kier molecular flexibility index (Phi) is 3.72. The van der Waals surface area contributed by atoms with Crippen LogP contribution >= 0.6 is 0 Å². The summed E-state index contributed by atoms with van der Waals surface area (Å²) in [5.41, 5.74) is 0.0769. The second kappa shape index (κ2) is 4.86. The summed E-state index contributed by atoms with van der Waals surface area (Å²) in [4.78, 5) is 10.2. The molecule has 1 aromatic carbocycles. The largest absolute Gasteiger partial charge is 0.573 e. The van der Waals surface area contributed by atoms with Gasteiger partial charge in [0.05, 0.1) is 0 Å². The molecule has 1 rings (SSSR count). The minimum absolute atomic E-state index is 0.0769. The Labute approximate surface area is 92.9 Å². The first-order chi connectivity index (χ1) is 7.78. The number of alkyl halides is 3. The number of benzene rings is 1. The van der Waals surface area contributed by atoms with Gasteiger partial charge in [-0.3, -0.25) is 0 Å². The highest BCUT2D eigenvalue weighted by molar-refractivity contribution is 5.85. The summed E-state index contributed by atoms with van der Waals surface area (Å²) in [5, 5.41) is 8.31. The highest BCUT2D eigenvalue weighted by Crippen LogP contribution is 2.26. The number of hydrogen-bond acceptors (Lipinski definition) is 2. The van der Waals surface area contributed by atoms with E-state index < -0.39 is 23.9 Å². The zero-order chi connectivity index (χ0) is 13.1. The van der Waals surface area contributed by atoms with Crippen molar-refractivity contribution in [3.8, 4) is 5.75 Å². The van der Waals surface area contributed by atoms with Crippen molar-refractivity contribution in [2.45, 2.75) is 6.36 Å². The van der Waals surface area contributed by atoms with Gasteiger partial charge >= 0.3 is 12.3 Å². The maximum Gasteiger partial charge on any atom is 0.573 e. The Morgan fingerprint density at radius 1 is 1.35 bits per heavy atom. The van der Waals surface area contributed by atoms with Crippen LogP contribution in [0.1, 0.15) is 5.56 Å². The molecule has 0 spiro atoms. The molecular formula is C10H6F4O3. The van der Waals surface area contributed by atoms with Gasteiger partial charge in [-0.05, 0) is 23.8 Å². The second-order valence-electron chi connectivity index (χ2n) is 2.91. The lowest BCUT2D eigenvalue weighted by Crippen LogP contribution is -2.18. The molecule has 0 saturated carbocycles. The topological polar surface area (TPSA) is 46.5 Å². The van der Waals surface area contributed by atoms with E-state index in [0.717, 1.165) is 24.3 Å². The molecule has 1 N–H and O–H groups in total. The monoisotopic (exact) mass is 250 g/mol. The third-order valence-electron chi connectivity index (χ3n) is 1.60. The molecule has 0 atom stereocenters. The molecule has 0 aromatic heterocycles. The van der Waals surface area contributed by atoms with Gasteiger partial charge in [-0.1, -0.05) is 6.07 Å². The molecule has 0 amide bonds. The third kappa shape index (κ3) is 4.54. The van der Waals surface area contributed by atoms with E-state index in [9.17, 15) is 22.4 Å². The number of ether oxygens (including phenoxy) is 1. The van der Waals surface area contributed by atoms with Crippen LogP contribution in [0.4, 0.5) is 17.6 Å². The van der Waals surface area contributed by atoms with Crippen molar-refractivity contribution >= 4 is 12.0 Å². The van der Waals surface area contributed by atoms with E-state index in [2.05, 4.69) is 4.74 Å². The zero-order valence-electron chi connectivity index (χ0n) is 8.16. The first-order valence-electron chi connectivity index (χ1n) is 4.24. The van der Waals surface area contributed by atoms with Crippen molar-refractivity contribution in [2.24, 2.45) is 0 Å². The lowest BCUT2D eigenvalue weighted by Gasteiger charge is -2.09. The fraction of sp³-hybridized carbons (Fsp3) is 0.100. The second-order valence-corrected chi connectivity index (χ2v) is 2.91. The van der Waals surface area contributed by atoms with E-state index in [1.807, 2.05) is 0 Å². The van der Waals surface area contributed by atoms with Crippen LogP contribution in [0.15, 0.2) is 24.3 Å². The lowest BCUT2D eigenvalue weighted by atomic mass is 10.2. The van der Waals surface area contributed by atoms with E-state index in [4.69, 9.17) is 5.11 Å². The van der Waals surface area contributed by atoms with Gasteiger partial charge in [0.2, 0.25) is 0 Å². The van der Waals surface area contributed by atoms with Gasteiger partial charge in [0.1, 0.15) is 0 Å². The van der Waals surface area contributed by atoms with E-state index >= 15 is 0 Å². The highest BCUT2D eigenvalue weighted by atomic mass is 19.4. The van der Waals surface area contributed by atoms with E-state index in [1.165, 1.54) is 0 Å². The molecule has 0 heterocycles. The van der Waals surface area contributed by atoms with Gasteiger partial charge < -0.3 is 9.84 Å². The van der Waals surface area contributed by atoms with Gasteiger partial charge in [-0.2, -0.15) is 0 Å². The van der Waals surface area contributed by atoms with Crippen LogP contribution in [0.25, 0.3) is 6.08 Å². The number of hydrogen-bond donors (Lipinski definition) is 1. The molecule has 1 aromatic rings. The smallest absolute Gasteiger partial charge is 0.478 e.